The number of carbonyl (C=O) groups is 1. The second-order valence-electron chi connectivity index (χ2n) is 4.52. The molecule has 1 heterocycles. The van der Waals surface area contributed by atoms with Crippen molar-refractivity contribution in [1.82, 2.24) is 4.90 Å². The van der Waals surface area contributed by atoms with Crippen molar-refractivity contribution in [1.29, 1.82) is 0 Å². The topological polar surface area (TPSA) is 46.3 Å². The van der Waals surface area contributed by atoms with E-state index >= 15 is 0 Å². The molecule has 3 nitrogen and oxygen atoms in total. The van der Waals surface area contributed by atoms with E-state index in [0.29, 0.717) is 0 Å². The number of nitrogens with zero attached hydrogens (tertiary/aromatic N) is 1. The summed E-state index contributed by atoms with van der Waals surface area (Å²) in [4.78, 5) is 13.9. The van der Waals surface area contributed by atoms with E-state index in [1.165, 1.54) is 19.3 Å². The first kappa shape index (κ1) is 11.7. The highest BCUT2D eigenvalue weighted by atomic mass is 16.1. The second-order valence-corrected chi connectivity index (χ2v) is 4.52. The minimum Gasteiger partial charge on any atom is -0.320 e. The van der Waals surface area contributed by atoms with Crippen molar-refractivity contribution in [2.24, 2.45) is 11.7 Å². The van der Waals surface area contributed by atoms with Crippen LogP contribution < -0.4 is 5.73 Å². The van der Waals surface area contributed by atoms with E-state index in [-0.39, 0.29) is 17.7 Å². The largest absolute Gasteiger partial charge is 0.320 e. The van der Waals surface area contributed by atoms with E-state index in [2.05, 4.69) is 4.90 Å². The van der Waals surface area contributed by atoms with E-state index in [9.17, 15) is 4.79 Å². The van der Waals surface area contributed by atoms with Crippen molar-refractivity contribution < 1.29 is 4.79 Å². The lowest BCUT2D eigenvalue weighted by Gasteiger charge is -2.28. The van der Waals surface area contributed by atoms with Crippen LogP contribution in [-0.2, 0) is 4.79 Å². The van der Waals surface area contributed by atoms with Crippen LogP contribution in [0.25, 0.3) is 0 Å². The molecule has 3 heteroatoms. The van der Waals surface area contributed by atoms with Crippen LogP contribution in [0.4, 0.5) is 0 Å². The maximum Gasteiger partial charge on any atom is 0.153 e. The highest BCUT2D eigenvalue weighted by Gasteiger charge is 2.20. The molecule has 2 N–H and O–H groups in total. The fourth-order valence-electron chi connectivity index (χ4n) is 1.94. The van der Waals surface area contributed by atoms with Gasteiger partial charge in [0.05, 0.1) is 6.04 Å². The molecule has 1 unspecified atom stereocenters. The van der Waals surface area contributed by atoms with Crippen LogP contribution in [0.3, 0.4) is 0 Å². The van der Waals surface area contributed by atoms with Crippen molar-refractivity contribution in [3.05, 3.63) is 0 Å². The lowest BCUT2D eigenvalue weighted by molar-refractivity contribution is -0.123. The van der Waals surface area contributed by atoms with Crippen LogP contribution >= 0.6 is 0 Å². The molecule has 0 saturated carbocycles. The number of piperidine rings is 1. The Kier molecular flexibility index (Phi) is 4.55. The first-order valence-electron chi connectivity index (χ1n) is 5.63. The second kappa shape index (κ2) is 5.47. The molecular weight excluding hydrogens is 176 g/mol. The van der Waals surface area contributed by atoms with E-state index in [0.717, 1.165) is 19.6 Å². The summed E-state index contributed by atoms with van der Waals surface area (Å²) in [5.74, 6) is 0.255. The van der Waals surface area contributed by atoms with Crippen molar-refractivity contribution >= 4 is 5.78 Å². The predicted octanol–water partition coefficient (Wildman–Crippen LogP) is 1.02. The molecule has 82 valence electrons. The molecule has 1 aliphatic rings. The third kappa shape index (κ3) is 3.39. The van der Waals surface area contributed by atoms with E-state index < -0.39 is 0 Å². The van der Waals surface area contributed by atoms with Gasteiger partial charge in [-0.25, -0.2) is 0 Å². The minimum absolute atomic E-state index is 0.0646. The van der Waals surface area contributed by atoms with Gasteiger partial charge in [0.2, 0.25) is 0 Å². The van der Waals surface area contributed by atoms with Gasteiger partial charge in [0.1, 0.15) is 0 Å². The molecule has 1 rings (SSSR count). The highest BCUT2D eigenvalue weighted by Crippen LogP contribution is 2.09. The molecule has 14 heavy (non-hydrogen) atoms. The van der Waals surface area contributed by atoms with Gasteiger partial charge in [0, 0.05) is 12.5 Å². The Hall–Kier alpha value is -0.410. The Morgan fingerprint density at radius 2 is 1.86 bits per heavy atom. The smallest absolute Gasteiger partial charge is 0.153 e. The van der Waals surface area contributed by atoms with E-state index in [1.54, 1.807) is 0 Å². The molecule has 1 fully saturated rings. The summed E-state index contributed by atoms with van der Waals surface area (Å²) in [5, 5.41) is 0. The van der Waals surface area contributed by atoms with Gasteiger partial charge in [-0.2, -0.15) is 0 Å². The molecule has 0 aromatic carbocycles. The maximum atomic E-state index is 11.6. The summed E-state index contributed by atoms with van der Waals surface area (Å²) in [6.07, 6.45) is 3.83. The van der Waals surface area contributed by atoms with Crippen molar-refractivity contribution in [3.8, 4) is 0 Å². The average molecular weight is 198 g/mol. The van der Waals surface area contributed by atoms with Gasteiger partial charge < -0.3 is 10.6 Å². The normalized spacial score (nSPS) is 21.1. The average Bonchev–Trinajstić information content (AvgIpc) is 2.18. The summed E-state index contributed by atoms with van der Waals surface area (Å²) in [7, 11) is 0. The SMILES string of the molecule is CC(C)C(=O)C(N)CN1CCCCC1. The molecule has 1 aliphatic heterocycles. The molecule has 0 aliphatic carbocycles. The van der Waals surface area contributed by atoms with Crippen LogP contribution in [0.1, 0.15) is 33.1 Å². The predicted molar refractivity (Wildman–Crippen MR) is 58.1 cm³/mol. The summed E-state index contributed by atoms with van der Waals surface area (Å²) in [5.41, 5.74) is 5.86. The Balaban J connectivity index is 2.31. The van der Waals surface area contributed by atoms with Gasteiger partial charge >= 0.3 is 0 Å². The summed E-state index contributed by atoms with van der Waals surface area (Å²) in [6, 6.07) is -0.284. The number of hydrogen-bond acceptors (Lipinski definition) is 3. The molecule has 0 aromatic rings. The molecule has 0 spiro atoms. The lowest BCUT2D eigenvalue weighted by Crippen LogP contribution is -2.45. The van der Waals surface area contributed by atoms with Crippen LogP contribution in [0, 0.1) is 5.92 Å². The van der Waals surface area contributed by atoms with Crippen LogP contribution in [0.5, 0.6) is 0 Å². The van der Waals surface area contributed by atoms with E-state index in [1.807, 2.05) is 13.8 Å². The summed E-state index contributed by atoms with van der Waals surface area (Å²) in [6.45, 7) is 6.80. The van der Waals surface area contributed by atoms with Crippen LogP contribution in [-0.4, -0.2) is 36.4 Å². The van der Waals surface area contributed by atoms with Gasteiger partial charge in [-0.15, -0.1) is 0 Å². The van der Waals surface area contributed by atoms with Gasteiger partial charge in [0.15, 0.2) is 5.78 Å². The maximum absolute atomic E-state index is 11.6. The molecule has 1 saturated heterocycles. The molecule has 0 aromatic heterocycles. The van der Waals surface area contributed by atoms with E-state index in [4.69, 9.17) is 5.73 Å². The monoisotopic (exact) mass is 198 g/mol. The Morgan fingerprint density at radius 1 is 1.29 bits per heavy atom. The Labute approximate surface area is 86.6 Å². The molecule has 0 amide bonds. The van der Waals surface area contributed by atoms with Gasteiger partial charge in [-0.1, -0.05) is 20.3 Å². The third-order valence-corrected chi connectivity index (χ3v) is 2.84. The quantitative estimate of drug-likeness (QED) is 0.733. The fourth-order valence-corrected chi connectivity index (χ4v) is 1.94. The molecular formula is C11H22N2O. The minimum atomic E-state index is -0.284. The number of ketones is 1. The summed E-state index contributed by atoms with van der Waals surface area (Å²) < 4.78 is 0. The molecule has 1 atom stereocenters. The van der Waals surface area contributed by atoms with Gasteiger partial charge in [-0.05, 0) is 25.9 Å². The van der Waals surface area contributed by atoms with Gasteiger partial charge in [0.25, 0.3) is 0 Å². The zero-order chi connectivity index (χ0) is 10.6. The number of Topliss-reactive ketones (excluding diaryl/α,β-unsaturated/α-hetero) is 1. The Bertz CT molecular complexity index is 186. The number of carbonyl (C=O) groups excluding carboxylic acids is 1. The third-order valence-electron chi connectivity index (χ3n) is 2.84. The van der Waals surface area contributed by atoms with Gasteiger partial charge in [-0.3, -0.25) is 4.79 Å². The van der Waals surface area contributed by atoms with Crippen LogP contribution in [0.2, 0.25) is 0 Å². The molecule has 0 radical (unpaired) electrons. The summed E-state index contributed by atoms with van der Waals surface area (Å²) >= 11 is 0. The fraction of sp³-hybridized carbons (Fsp3) is 0.909. The van der Waals surface area contributed by atoms with Crippen molar-refractivity contribution in [2.45, 2.75) is 39.2 Å². The number of rotatable bonds is 4. The Morgan fingerprint density at radius 3 is 2.36 bits per heavy atom. The first-order chi connectivity index (χ1) is 6.61. The zero-order valence-electron chi connectivity index (χ0n) is 9.33. The van der Waals surface area contributed by atoms with Crippen molar-refractivity contribution in [3.63, 3.8) is 0 Å². The lowest BCUT2D eigenvalue weighted by atomic mass is 10.0. The van der Waals surface area contributed by atoms with Crippen LogP contribution in [0.15, 0.2) is 0 Å². The number of likely N-dealkylation sites (tertiary alicyclic amines) is 1. The highest BCUT2D eigenvalue weighted by molar-refractivity contribution is 5.85. The zero-order valence-corrected chi connectivity index (χ0v) is 9.33. The standard InChI is InChI=1S/C11H22N2O/c1-9(2)11(14)10(12)8-13-6-4-3-5-7-13/h9-10H,3-8,12H2,1-2H3. The first-order valence-corrected chi connectivity index (χ1v) is 5.63. The number of hydrogen-bond donors (Lipinski definition) is 1. The molecule has 0 bridgehead atoms. The number of nitrogens with two attached hydrogens (primary N) is 1. The van der Waals surface area contributed by atoms with Crippen molar-refractivity contribution in [2.75, 3.05) is 19.6 Å².